The fourth-order valence-electron chi connectivity index (χ4n) is 1.22. The molecule has 0 aliphatic rings. The number of likely N-dealkylation sites (N-methyl/N-ethyl adjacent to an activating group) is 1. The largest absolute Gasteiger partial charge is 0.330 e. The molecule has 6 heteroatoms. The van der Waals surface area contributed by atoms with E-state index in [0.29, 0.717) is 18.0 Å². The Morgan fingerprint density at radius 1 is 1.39 bits per heavy atom. The standard InChI is InChI=1S/C12H26N6/c1-9(7-13)12(14)10(2)17-8-18-11(3)16-6-5-15-4/h8-9,11,14-16H,5-7,13H2,1-4H3. The molecule has 5 N–H and O–H groups in total. The van der Waals surface area contributed by atoms with Gasteiger partial charge in [0.1, 0.15) is 6.34 Å². The zero-order chi connectivity index (χ0) is 14.0. The molecule has 0 aromatic rings. The Bertz CT molecular complexity index is 297. The van der Waals surface area contributed by atoms with Gasteiger partial charge in [-0.2, -0.15) is 0 Å². The number of nitrogens with one attached hydrogen (secondary N) is 3. The summed E-state index contributed by atoms with van der Waals surface area (Å²) < 4.78 is 0. The molecule has 18 heavy (non-hydrogen) atoms. The van der Waals surface area contributed by atoms with E-state index in [2.05, 4.69) is 20.6 Å². The van der Waals surface area contributed by atoms with Crippen LogP contribution in [0.2, 0.25) is 0 Å². The van der Waals surface area contributed by atoms with Crippen LogP contribution in [-0.2, 0) is 0 Å². The van der Waals surface area contributed by atoms with Crippen LogP contribution in [-0.4, -0.2) is 50.6 Å². The maximum atomic E-state index is 7.83. The molecule has 0 radical (unpaired) electrons. The van der Waals surface area contributed by atoms with Crippen molar-refractivity contribution in [2.24, 2.45) is 21.6 Å². The molecular weight excluding hydrogens is 228 g/mol. The lowest BCUT2D eigenvalue weighted by Crippen LogP contribution is -2.31. The predicted octanol–water partition coefficient (Wildman–Crippen LogP) is 0.245. The first-order chi connectivity index (χ1) is 8.52. The van der Waals surface area contributed by atoms with Gasteiger partial charge in [0.25, 0.3) is 0 Å². The fourth-order valence-corrected chi connectivity index (χ4v) is 1.22. The van der Waals surface area contributed by atoms with Crippen molar-refractivity contribution in [1.29, 1.82) is 5.41 Å². The van der Waals surface area contributed by atoms with Crippen molar-refractivity contribution < 1.29 is 0 Å². The van der Waals surface area contributed by atoms with Crippen molar-refractivity contribution in [3.63, 3.8) is 0 Å². The van der Waals surface area contributed by atoms with Crippen molar-refractivity contribution in [1.82, 2.24) is 10.6 Å². The summed E-state index contributed by atoms with van der Waals surface area (Å²) in [5.41, 5.74) is 6.65. The second-order valence-corrected chi connectivity index (χ2v) is 4.26. The number of nitrogens with two attached hydrogens (primary N) is 1. The second kappa shape index (κ2) is 9.87. The molecule has 0 rings (SSSR count). The van der Waals surface area contributed by atoms with Crippen LogP contribution < -0.4 is 16.4 Å². The van der Waals surface area contributed by atoms with Gasteiger partial charge in [-0.1, -0.05) is 6.92 Å². The molecule has 2 unspecified atom stereocenters. The number of rotatable bonds is 9. The summed E-state index contributed by atoms with van der Waals surface area (Å²) in [5.74, 6) is 0.0355. The number of hydrogen-bond acceptors (Lipinski definition) is 5. The van der Waals surface area contributed by atoms with Gasteiger partial charge in [0.05, 0.1) is 17.6 Å². The van der Waals surface area contributed by atoms with Gasteiger partial charge < -0.3 is 16.5 Å². The van der Waals surface area contributed by atoms with Gasteiger partial charge in [0.2, 0.25) is 0 Å². The molecule has 0 amide bonds. The molecule has 0 aromatic heterocycles. The first kappa shape index (κ1) is 16.9. The van der Waals surface area contributed by atoms with Crippen molar-refractivity contribution >= 4 is 17.8 Å². The van der Waals surface area contributed by atoms with Crippen LogP contribution in [0.1, 0.15) is 20.8 Å². The smallest absolute Gasteiger partial charge is 0.112 e. The summed E-state index contributed by atoms with van der Waals surface area (Å²) >= 11 is 0. The number of hydrogen-bond donors (Lipinski definition) is 4. The molecule has 6 nitrogen and oxygen atoms in total. The molecule has 0 saturated carbocycles. The van der Waals surface area contributed by atoms with E-state index in [4.69, 9.17) is 11.1 Å². The van der Waals surface area contributed by atoms with E-state index in [9.17, 15) is 0 Å². The fraction of sp³-hybridized carbons (Fsp3) is 0.750. The average molecular weight is 254 g/mol. The molecule has 0 aliphatic heterocycles. The van der Waals surface area contributed by atoms with Gasteiger partial charge in [-0.05, 0) is 20.9 Å². The van der Waals surface area contributed by atoms with Gasteiger partial charge in [-0.3, -0.25) is 10.3 Å². The van der Waals surface area contributed by atoms with Crippen molar-refractivity contribution in [3.8, 4) is 0 Å². The highest BCUT2D eigenvalue weighted by molar-refractivity contribution is 6.41. The van der Waals surface area contributed by atoms with Crippen molar-refractivity contribution in [2.45, 2.75) is 26.9 Å². The molecule has 0 aromatic carbocycles. The molecule has 0 aliphatic carbocycles. The predicted molar refractivity (Wildman–Crippen MR) is 78.9 cm³/mol. The SMILES string of the molecule is CNCCNC(C)N=CN=C(C)C(=N)C(C)CN. The molecule has 104 valence electrons. The molecule has 0 spiro atoms. The minimum Gasteiger partial charge on any atom is -0.330 e. The highest BCUT2D eigenvalue weighted by atomic mass is 15.1. The molecule has 0 heterocycles. The highest BCUT2D eigenvalue weighted by Crippen LogP contribution is 1.96. The van der Waals surface area contributed by atoms with E-state index >= 15 is 0 Å². The Morgan fingerprint density at radius 3 is 2.61 bits per heavy atom. The number of aliphatic imine (C=N–C) groups is 2. The molecular formula is C12H26N6. The van der Waals surface area contributed by atoms with E-state index in [0.717, 1.165) is 13.1 Å². The quantitative estimate of drug-likeness (QED) is 0.269. The maximum absolute atomic E-state index is 7.83. The molecule has 0 saturated heterocycles. The van der Waals surface area contributed by atoms with Crippen molar-refractivity contribution in [3.05, 3.63) is 0 Å². The lowest BCUT2D eigenvalue weighted by atomic mass is 10.0. The van der Waals surface area contributed by atoms with Crippen LogP contribution in [0.5, 0.6) is 0 Å². The third-order valence-electron chi connectivity index (χ3n) is 2.59. The van der Waals surface area contributed by atoms with E-state index < -0.39 is 0 Å². The molecule has 0 bridgehead atoms. The zero-order valence-corrected chi connectivity index (χ0v) is 11.8. The third kappa shape index (κ3) is 7.26. The lowest BCUT2D eigenvalue weighted by molar-refractivity contribution is 0.559. The van der Waals surface area contributed by atoms with E-state index in [1.54, 1.807) is 6.92 Å². The summed E-state index contributed by atoms with van der Waals surface area (Å²) in [6, 6.07) is 0. The topological polar surface area (TPSA) is 98.6 Å². The Kier molecular flexibility index (Phi) is 9.26. The monoisotopic (exact) mass is 254 g/mol. The minimum atomic E-state index is 0.0241. The van der Waals surface area contributed by atoms with Crippen LogP contribution in [0.3, 0.4) is 0 Å². The second-order valence-electron chi connectivity index (χ2n) is 4.26. The molecule has 2 atom stereocenters. The first-order valence-corrected chi connectivity index (χ1v) is 6.25. The normalized spacial score (nSPS) is 15.9. The van der Waals surface area contributed by atoms with E-state index in [1.807, 2.05) is 20.9 Å². The number of nitrogens with zero attached hydrogens (tertiary/aromatic N) is 2. The van der Waals surface area contributed by atoms with Gasteiger partial charge in [0, 0.05) is 25.6 Å². The summed E-state index contributed by atoms with van der Waals surface area (Å²) in [6.45, 7) is 7.91. The third-order valence-corrected chi connectivity index (χ3v) is 2.59. The summed E-state index contributed by atoms with van der Waals surface area (Å²) in [7, 11) is 1.91. The Hall–Kier alpha value is -1.11. The van der Waals surface area contributed by atoms with Gasteiger partial charge >= 0.3 is 0 Å². The Labute approximate surface area is 110 Å². The van der Waals surface area contributed by atoms with Crippen LogP contribution in [0, 0.1) is 11.3 Å². The summed E-state index contributed by atoms with van der Waals surface area (Å²) in [6.07, 6.45) is 1.53. The Balaban J connectivity index is 4.15. The van der Waals surface area contributed by atoms with E-state index in [1.165, 1.54) is 6.34 Å². The van der Waals surface area contributed by atoms with Gasteiger partial charge in [-0.15, -0.1) is 0 Å². The summed E-state index contributed by atoms with van der Waals surface area (Å²) in [5, 5.41) is 14.1. The van der Waals surface area contributed by atoms with Gasteiger partial charge in [0.15, 0.2) is 0 Å². The molecule has 0 fully saturated rings. The van der Waals surface area contributed by atoms with Crippen LogP contribution in [0.25, 0.3) is 0 Å². The summed E-state index contributed by atoms with van der Waals surface area (Å²) in [4.78, 5) is 8.37. The van der Waals surface area contributed by atoms with Crippen LogP contribution in [0.4, 0.5) is 0 Å². The Morgan fingerprint density at radius 2 is 2.06 bits per heavy atom. The average Bonchev–Trinajstić information content (AvgIpc) is 2.37. The minimum absolute atomic E-state index is 0.0241. The lowest BCUT2D eigenvalue weighted by Gasteiger charge is -2.09. The zero-order valence-electron chi connectivity index (χ0n) is 11.8. The maximum Gasteiger partial charge on any atom is 0.112 e. The van der Waals surface area contributed by atoms with Crippen LogP contribution in [0.15, 0.2) is 9.98 Å². The highest BCUT2D eigenvalue weighted by Gasteiger charge is 2.08. The van der Waals surface area contributed by atoms with E-state index in [-0.39, 0.29) is 12.1 Å². The first-order valence-electron chi connectivity index (χ1n) is 6.25. The van der Waals surface area contributed by atoms with Crippen molar-refractivity contribution in [2.75, 3.05) is 26.7 Å². The van der Waals surface area contributed by atoms with Gasteiger partial charge in [-0.25, -0.2) is 4.99 Å². The van der Waals surface area contributed by atoms with Crippen LogP contribution >= 0.6 is 0 Å².